The van der Waals surface area contributed by atoms with Gasteiger partial charge in [-0.15, -0.1) is 11.8 Å². The summed E-state index contributed by atoms with van der Waals surface area (Å²) in [4.78, 5) is 40.6. The van der Waals surface area contributed by atoms with E-state index in [1.165, 1.54) is 12.1 Å². The molecule has 0 bridgehead atoms. The van der Waals surface area contributed by atoms with E-state index in [1.807, 2.05) is 43.3 Å². The third kappa shape index (κ3) is 5.98. The predicted molar refractivity (Wildman–Crippen MR) is 175 cm³/mol. The summed E-state index contributed by atoms with van der Waals surface area (Å²) in [6, 6.07) is 26.4. The smallest absolute Gasteiger partial charge is 0.356 e. The van der Waals surface area contributed by atoms with Crippen LogP contribution in [-0.4, -0.2) is 41.7 Å². The monoisotopic (exact) mass is 630 g/mol. The van der Waals surface area contributed by atoms with Crippen LogP contribution in [0.15, 0.2) is 95.5 Å². The van der Waals surface area contributed by atoms with Crippen molar-refractivity contribution in [2.75, 3.05) is 0 Å². The Kier molecular flexibility index (Phi) is 9.15. The number of nitrogens with zero attached hydrogens (tertiary/aromatic N) is 2. The lowest BCUT2D eigenvalue weighted by Gasteiger charge is -2.56. The largest absolute Gasteiger partial charge is 0.456 e. The maximum Gasteiger partial charge on any atom is 0.356 e. The molecular formula is C34H38N2O6SSi. The second-order valence-electron chi connectivity index (χ2n) is 12.4. The summed E-state index contributed by atoms with van der Waals surface area (Å²) in [6.45, 7) is 10.4. The molecule has 8 nitrogen and oxygen atoms in total. The van der Waals surface area contributed by atoms with Gasteiger partial charge in [0.1, 0.15) is 17.7 Å². The first-order valence-electron chi connectivity index (χ1n) is 14.9. The highest BCUT2D eigenvalue weighted by Gasteiger charge is 2.65. The maximum atomic E-state index is 14.2. The molecular weight excluding hydrogens is 593 g/mol. The van der Waals surface area contributed by atoms with Crippen molar-refractivity contribution in [3.8, 4) is 0 Å². The molecule has 0 N–H and O–H groups in total. The van der Waals surface area contributed by atoms with Crippen LogP contribution in [0, 0.1) is 21.4 Å². The molecule has 2 heterocycles. The van der Waals surface area contributed by atoms with Gasteiger partial charge in [0.15, 0.2) is 0 Å². The van der Waals surface area contributed by atoms with Gasteiger partial charge in [-0.05, 0) is 46.8 Å². The molecule has 0 spiro atoms. The molecule has 0 aliphatic carbocycles. The number of esters is 1. The SMILES string of the molecule is CCCC1=C(C(=O)OCc2ccc([N+](=O)[O-])cc2)N2C(=O)C(C(C)(O[SiH](c3ccccc3)c3ccccc3)C(C)(C)C)[C@H]2S1. The molecule has 0 radical (unpaired) electrons. The quantitative estimate of drug-likeness (QED) is 0.0902. The molecule has 2 unspecified atom stereocenters. The molecule has 1 saturated heterocycles. The number of hydrogen-bond donors (Lipinski definition) is 0. The van der Waals surface area contributed by atoms with E-state index in [0.717, 1.165) is 21.7 Å². The van der Waals surface area contributed by atoms with E-state index >= 15 is 0 Å². The van der Waals surface area contributed by atoms with Gasteiger partial charge in [0, 0.05) is 17.0 Å². The van der Waals surface area contributed by atoms with Crippen LogP contribution in [0.25, 0.3) is 0 Å². The first-order valence-corrected chi connectivity index (χ1v) is 17.4. The number of amides is 1. The fraction of sp³-hybridized carbons (Fsp3) is 0.353. The summed E-state index contributed by atoms with van der Waals surface area (Å²) in [5.74, 6) is -1.17. The Bertz CT molecular complexity index is 1520. The summed E-state index contributed by atoms with van der Waals surface area (Å²) < 4.78 is 12.9. The normalized spacial score (nSPS) is 19.4. The molecule has 0 saturated carbocycles. The number of carbonyl (C=O) groups is 2. The molecule has 44 heavy (non-hydrogen) atoms. The maximum absolute atomic E-state index is 14.2. The lowest BCUT2D eigenvalue weighted by Crippen LogP contribution is -2.70. The summed E-state index contributed by atoms with van der Waals surface area (Å²) >= 11 is 1.57. The van der Waals surface area contributed by atoms with Gasteiger partial charge in [-0.1, -0.05) is 94.8 Å². The zero-order valence-corrected chi connectivity index (χ0v) is 27.7. The number of nitro groups is 1. The van der Waals surface area contributed by atoms with Gasteiger partial charge in [0.2, 0.25) is 14.9 Å². The molecule has 3 aromatic carbocycles. The number of benzene rings is 3. The summed E-state index contributed by atoms with van der Waals surface area (Å²) in [6.07, 6.45) is 1.46. The third-order valence-corrected chi connectivity index (χ3v) is 12.8. The Morgan fingerprint density at radius 1 is 0.955 bits per heavy atom. The number of non-ortho nitro benzene ring substituents is 1. The van der Waals surface area contributed by atoms with Gasteiger partial charge in [0.25, 0.3) is 5.69 Å². The molecule has 2 aliphatic rings. The Balaban J connectivity index is 1.41. The van der Waals surface area contributed by atoms with E-state index in [1.54, 1.807) is 28.8 Å². The van der Waals surface area contributed by atoms with Crippen LogP contribution in [0.5, 0.6) is 0 Å². The second-order valence-corrected chi connectivity index (χ2v) is 15.9. The van der Waals surface area contributed by atoms with Gasteiger partial charge < -0.3 is 9.16 Å². The van der Waals surface area contributed by atoms with Crippen LogP contribution < -0.4 is 10.4 Å². The van der Waals surface area contributed by atoms with Crippen LogP contribution in [0.2, 0.25) is 0 Å². The number of allylic oxidation sites excluding steroid dienone is 1. The zero-order chi connectivity index (χ0) is 31.6. The van der Waals surface area contributed by atoms with Crippen LogP contribution in [0.4, 0.5) is 5.69 Å². The highest BCUT2D eigenvalue weighted by atomic mass is 32.2. The van der Waals surface area contributed by atoms with E-state index in [2.05, 4.69) is 52.0 Å². The number of nitro benzene ring substituents is 1. The molecule has 3 atom stereocenters. The molecule has 230 valence electrons. The Morgan fingerprint density at radius 2 is 1.52 bits per heavy atom. The third-order valence-electron chi connectivity index (χ3n) is 8.65. The van der Waals surface area contributed by atoms with Gasteiger partial charge in [-0.25, -0.2) is 4.79 Å². The predicted octanol–water partition coefficient (Wildman–Crippen LogP) is 5.54. The lowest BCUT2D eigenvalue weighted by molar-refractivity contribution is -0.384. The van der Waals surface area contributed by atoms with Crippen LogP contribution in [0.1, 0.15) is 53.0 Å². The number of carbonyl (C=O) groups excluding carboxylic acids is 2. The number of hydrogen-bond acceptors (Lipinski definition) is 7. The molecule has 3 aromatic rings. The Morgan fingerprint density at radius 3 is 2.02 bits per heavy atom. The minimum atomic E-state index is -2.23. The Hall–Kier alpha value is -3.73. The van der Waals surface area contributed by atoms with Crippen molar-refractivity contribution in [2.45, 2.75) is 65.0 Å². The fourth-order valence-electron chi connectivity index (χ4n) is 5.76. The number of β-lactam (4-membered cyclic amide) rings is 1. The molecule has 2 aliphatic heterocycles. The zero-order valence-electron chi connectivity index (χ0n) is 25.7. The van der Waals surface area contributed by atoms with Gasteiger partial charge in [-0.3, -0.25) is 19.8 Å². The van der Waals surface area contributed by atoms with Crippen LogP contribution in [0.3, 0.4) is 0 Å². The number of ether oxygens (including phenoxy) is 1. The number of thioether (sulfide) groups is 1. The van der Waals surface area contributed by atoms with Crippen molar-refractivity contribution in [1.29, 1.82) is 0 Å². The van der Waals surface area contributed by atoms with Gasteiger partial charge in [-0.2, -0.15) is 0 Å². The number of fused-ring (bicyclic) bond motifs is 1. The van der Waals surface area contributed by atoms with E-state index in [0.29, 0.717) is 17.7 Å². The highest BCUT2D eigenvalue weighted by molar-refractivity contribution is 8.04. The molecule has 5 rings (SSSR count). The van der Waals surface area contributed by atoms with Gasteiger partial charge in [0.05, 0.1) is 16.4 Å². The standard InChI is InChI=1S/C34H38N2O6SSi/c1-6-13-27-29(32(38)41-22-23-18-20-24(21-19-23)36(39)40)35-30(37)28(31(35)43-27)34(5,33(2,3)4)42-44(25-14-9-7-10-15-25)26-16-11-8-12-17-26/h7-12,14-21,28,31,44H,6,13,22H2,1-5H3/t28?,31-,34?/m1/s1. The Labute approximate surface area is 264 Å². The average Bonchev–Trinajstić information content (AvgIpc) is 3.33. The fourth-order valence-corrected chi connectivity index (χ4v) is 10.3. The van der Waals surface area contributed by atoms with Crippen molar-refractivity contribution >= 4 is 48.7 Å². The van der Waals surface area contributed by atoms with Crippen molar-refractivity contribution < 1.29 is 23.7 Å². The summed E-state index contributed by atoms with van der Waals surface area (Å²) in [7, 11) is -2.23. The van der Waals surface area contributed by atoms with Gasteiger partial charge >= 0.3 is 5.97 Å². The van der Waals surface area contributed by atoms with Crippen molar-refractivity contribution in [3.63, 3.8) is 0 Å². The van der Waals surface area contributed by atoms with E-state index in [9.17, 15) is 19.7 Å². The van der Waals surface area contributed by atoms with Crippen molar-refractivity contribution in [3.05, 3.63) is 111 Å². The highest BCUT2D eigenvalue weighted by Crippen LogP contribution is 2.57. The van der Waals surface area contributed by atoms with Crippen molar-refractivity contribution in [1.82, 2.24) is 4.90 Å². The van der Waals surface area contributed by atoms with Crippen molar-refractivity contribution in [2.24, 2.45) is 11.3 Å². The van der Waals surface area contributed by atoms with E-state index in [4.69, 9.17) is 9.16 Å². The van der Waals surface area contributed by atoms with E-state index < -0.39 is 36.9 Å². The van der Waals surface area contributed by atoms with Crippen LogP contribution in [-0.2, 0) is 25.4 Å². The van der Waals surface area contributed by atoms with E-state index in [-0.39, 0.29) is 23.6 Å². The average molecular weight is 631 g/mol. The number of rotatable bonds is 11. The molecule has 1 amide bonds. The minimum Gasteiger partial charge on any atom is -0.456 e. The first kappa shape index (κ1) is 31.7. The summed E-state index contributed by atoms with van der Waals surface area (Å²) in [5.41, 5.74) is -0.340. The minimum absolute atomic E-state index is 0.0331. The second kappa shape index (κ2) is 12.7. The molecule has 10 heteroatoms. The van der Waals surface area contributed by atoms with Crippen LogP contribution >= 0.6 is 11.8 Å². The molecule has 0 aromatic heterocycles. The summed E-state index contributed by atoms with van der Waals surface area (Å²) in [5, 5.41) is 13.0. The lowest BCUT2D eigenvalue weighted by atomic mass is 9.66. The first-order chi connectivity index (χ1) is 21.0. The topological polar surface area (TPSA) is 99.0 Å². The molecule has 1 fully saturated rings.